The van der Waals surface area contributed by atoms with Crippen molar-refractivity contribution in [1.82, 2.24) is 14.8 Å². The van der Waals surface area contributed by atoms with E-state index in [1.807, 2.05) is 13.8 Å². The molecule has 1 aromatic heterocycles. The minimum Gasteiger partial charge on any atom is -0.395 e. The number of thioether (sulfide) groups is 1. The van der Waals surface area contributed by atoms with E-state index in [0.29, 0.717) is 5.16 Å². The van der Waals surface area contributed by atoms with Crippen molar-refractivity contribution in [3.8, 4) is 0 Å². The standard InChI is InChI=1S/C9H18N4O2S/c1-5(2)7(10)6(4-14)16-9-12-11-8(15)13(9)3/h5-7,14H,4,10H2,1-3H3,(H,11,15). The Kier molecular flexibility index (Phi) is 4.57. The largest absolute Gasteiger partial charge is 0.395 e. The molecule has 4 N–H and O–H groups in total. The first-order valence-electron chi connectivity index (χ1n) is 5.11. The zero-order chi connectivity index (χ0) is 12.3. The zero-order valence-corrected chi connectivity index (χ0v) is 10.5. The van der Waals surface area contributed by atoms with Gasteiger partial charge in [-0.3, -0.25) is 4.57 Å². The molecule has 1 heterocycles. The van der Waals surface area contributed by atoms with Crippen LogP contribution >= 0.6 is 11.8 Å². The number of rotatable bonds is 5. The van der Waals surface area contributed by atoms with Gasteiger partial charge < -0.3 is 10.8 Å². The Labute approximate surface area is 98.2 Å². The first-order chi connectivity index (χ1) is 7.47. The second kappa shape index (κ2) is 5.51. The number of aromatic nitrogens is 3. The number of aromatic amines is 1. The summed E-state index contributed by atoms with van der Waals surface area (Å²) in [5.41, 5.74) is 5.70. The van der Waals surface area contributed by atoms with E-state index in [1.54, 1.807) is 7.05 Å². The molecule has 1 rings (SSSR count). The fraction of sp³-hybridized carbons (Fsp3) is 0.778. The molecule has 0 aliphatic heterocycles. The van der Waals surface area contributed by atoms with Gasteiger partial charge in [-0.05, 0) is 5.92 Å². The third-order valence-electron chi connectivity index (χ3n) is 2.47. The summed E-state index contributed by atoms with van der Waals surface area (Å²) >= 11 is 1.32. The topological polar surface area (TPSA) is 96.9 Å². The molecule has 0 aliphatic rings. The van der Waals surface area contributed by atoms with Gasteiger partial charge in [0.05, 0.1) is 11.9 Å². The minimum absolute atomic E-state index is 0.0366. The lowest BCUT2D eigenvalue weighted by atomic mass is 10.0. The fourth-order valence-electron chi connectivity index (χ4n) is 1.24. The number of nitrogens with two attached hydrogens (primary N) is 1. The quantitative estimate of drug-likeness (QED) is 0.611. The van der Waals surface area contributed by atoms with Gasteiger partial charge in [0.25, 0.3) is 0 Å². The van der Waals surface area contributed by atoms with Crippen LogP contribution in [0.15, 0.2) is 9.95 Å². The van der Waals surface area contributed by atoms with Crippen LogP contribution < -0.4 is 11.4 Å². The lowest BCUT2D eigenvalue weighted by Gasteiger charge is -2.23. The van der Waals surface area contributed by atoms with Crippen LogP contribution in [0.2, 0.25) is 0 Å². The Hall–Kier alpha value is -0.790. The molecule has 2 unspecified atom stereocenters. The number of nitrogens with zero attached hydrogens (tertiary/aromatic N) is 2. The van der Waals surface area contributed by atoms with Crippen LogP contribution in [-0.2, 0) is 7.05 Å². The van der Waals surface area contributed by atoms with Gasteiger partial charge in [0, 0.05) is 13.1 Å². The van der Waals surface area contributed by atoms with E-state index in [4.69, 9.17) is 5.73 Å². The number of aliphatic hydroxyl groups is 1. The fourth-order valence-corrected chi connectivity index (χ4v) is 2.40. The van der Waals surface area contributed by atoms with Crippen molar-refractivity contribution in [2.45, 2.75) is 30.3 Å². The molecule has 0 fully saturated rings. The van der Waals surface area contributed by atoms with E-state index in [1.165, 1.54) is 16.3 Å². The second-order valence-electron chi connectivity index (χ2n) is 4.03. The number of aliphatic hydroxyl groups excluding tert-OH is 1. The van der Waals surface area contributed by atoms with Crippen molar-refractivity contribution < 1.29 is 5.11 Å². The molecule has 16 heavy (non-hydrogen) atoms. The van der Waals surface area contributed by atoms with E-state index in [0.717, 1.165) is 0 Å². The van der Waals surface area contributed by atoms with E-state index in [-0.39, 0.29) is 29.5 Å². The molecule has 92 valence electrons. The Balaban J connectivity index is 2.78. The maximum absolute atomic E-state index is 11.2. The summed E-state index contributed by atoms with van der Waals surface area (Å²) in [6.07, 6.45) is 0. The van der Waals surface area contributed by atoms with Crippen LogP contribution in [0.25, 0.3) is 0 Å². The summed E-state index contributed by atoms with van der Waals surface area (Å²) < 4.78 is 1.40. The molecular weight excluding hydrogens is 228 g/mol. The molecular formula is C9H18N4O2S. The number of hydrogen-bond acceptors (Lipinski definition) is 5. The van der Waals surface area contributed by atoms with E-state index in [2.05, 4.69) is 10.2 Å². The lowest BCUT2D eigenvalue weighted by Crippen LogP contribution is -2.39. The average molecular weight is 246 g/mol. The van der Waals surface area contributed by atoms with Gasteiger partial charge in [-0.25, -0.2) is 9.89 Å². The van der Waals surface area contributed by atoms with Crippen molar-refractivity contribution >= 4 is 11.8 Å². The van der Waals surface area contributed by atoms with Crippen LogP contribution in [0, 0.1) is 5.92 Å². The summed E-state index contributed by atoms with van der Waals surface area (Å²) in [7, 11) is 1.63. The van der Waals surface area contributed by atoms with E-state index >= 15 is 0 Å². The van der Waals surface area contributed by atoms with Crippen LogP contribution in [0.4, 0.5) is 0 Å². The van der Waals surface area contributed by atoms with Gasteiger partial charge in [0.1, 0.15) is 0 Å². The molecule has 0 spiro atoms. The molecule has 0 saturated carbocycles. The molecule has 6 nitrogen and oxygen atoms in total. The molecule has 0 aromatic carbocycles. The molecule has 2 atom stereocenters. The maximum Gasteiger partial charge on any atom is 0.343 e. The summed E-state index contributed by atoms with van der Waals surface area (Å²) in [6, 6.07) is -0.137. The highest BCUT2D eigenvalue weighted by molar-refractivity contribution is 7.99. The number of H-pyrrole nitrogens is 1. The highest BCUT2D eigenvalue weighted by Gasteiger charge is 2.23. The molecule has 7 heteroatoms. The minimum atomic E-state index is -0.266. The monoisotopic (exact) mass is 246 g/mol. The average Bonchev–Trinajstić information content (AvgIpc) is 2.56. The maximum atomic E-state index is 11.2. The SMILES string of the molecule is CC(C)C(N)C(CO)Sc1n[nH]c(=O)n1C. The molecule has 0 amide bonds. The Morgan fingerprint density at radius 2 is 2.25 bits per heavy atom. The van der Waals surface area contributed by atoms with Crippen molar-refractivity contribution in [2.24, 2.45) is 18.7 Å². The van der Waals surface area contributed by atoms with Gasteiger partial charge in [0.15, 0.2) is 5.16 Å². The van der Waals surface area contributed by atoms with Crippen LogP contribution in [0.1, 0.15) is 13.8 Å². The van der Waals surface area contributed by atoms with Crippen molar-refractivity contribution in [2.75, 3.05) is 6.61 Å². The molecule has 1 aromatic rings. The molecule has 0 bridgehead atoms. The van der Waals surface area contributed by atoms with Crippen molar-refractivity contribution in [1.29, 1.82) is 0 Å². The summed E-state index contributed by atoms with van der Waals surface area (Å²) in [4.78, 5) is 11.2. The third kappa shape index (κ3) is 2.87. The van der Waals surface area contributed by atoms with Crippen molar-refractivity contribution in [3.05, 3.63) is 10.5 Å². The smallest absolute Gasteiger partial charge is 0.343 e. The Morgan fingerprint density at radius 3 is 2.62 bits per heavy atom. The number of hydrogen-bond donors (Lipinski definition) is 3. The van der Waals surface area contributed by atoms with Gasteiger partial charge in [-0.15, -0.1) is 5.10 Å². The third-order valence-corrected chi connectivity index (χ3v) is 3.82. The Morgan fingerprint density at radius 1 is 1.62 bits per heavy atom. The van der Waals surface area contributed by atoms with Crippen LogP contribution in [-0.4, -0.2) is 37.8 Å². The van der Waals surface area contributed by atoms with Crippen LogP contribution in [0.5, 0.6) is 0 Å². The predicted octanol–water partition coefficient (Wildman–Crippen LogP) is -0.455. The molecule has 0 radical (unpaired) electrons. The predicted molar refractivity (Wildman–Crippen MR) is 63.4 cm³/mol. The van der Waals surface area contributed by atoms with Gasteiger partial charge in [-0.1, -0.05) is 25.6 Å². The highest BCUT2D eigenvalue weighted by atomic mass is 32.2. The Bertz CT molecular complexity index is 387. The van der Waals surface area contributed by atoms with E-state index in [9.17, 15) is 9.90 Å². The normalized spacial score (nSPS) is 15.4. The summed E-state index contributed by atoms with van der Waals surface area (Å²) in [6.45, 7) is 3.96. The number of nitrogens with one attached hydrogen (secondary N) is 1. The van der Waals surface area contributed by atoms with Gasteiger partial charge in [0.2, 0.25) is 0 Å². The van der Waals surface area contributed by atoms with Gasteiger partial charge >= 0.3 is 5.69 Å². The summed E-state index contributed by atoms with van der Waals surface area (Å²) in [5, 5.41) is 15.9. The van der Waals surface area contributed by atoms with Gasteiger partial charge in [-0.2, -0.15) is 0 Å². The highest BCUT2D eigenvalue weighted by Crippen LogP contribution is 2.23. The lowest BCUT2D eigenvalue weighted by molar-refractivity contribution is 0.269. The molecule has 0 saturated heterocycles. The first kappa shape index (κ1) is 13.3. The van der Waals surface area contributed by atoms with Crippen LogP contribution in [0.3, 0.4) is 0 Å². The summed E-state index contributed by atoms with van der Waals surface area (Å²) in [5.74, 6) is 0.264. The van der Waals surface area contributed by atoms with E-state index < -0.39 is 0 Å². The zero-order valence-electron chi connectivity index (χ0n) is 9.67. The first-order valence-corrected chi connectivity index (χ1v) is 5.99. The second-order valence-corrected chi connectivity index (χ2v) is 5.24. The van der Waals surface area contributed by atoms with Crippen molar-refractivity contribution in [3.63, 3.8) is 0 Å². The molecule has 0 aliphatic carbocycles.